The van der Waals surface area contributed by atoms with Crippen LogP contribution in [-0.4, -0.2) is 52.1 Å². The number of aromatic nitrogens is 1. The van der Waals surface area contributed by atoms with Crippen LogP contribution in [0.25, 0.3) is 11.1 Å². The highest BCUT2D eigenvalue weighted by molar-refractivity contribution is 6.06. The summed E-state index contributed by atoms with van der Waals surface area (Å²) in [6.07, 6.45) is 6.92. The highest BCUT2D eigenvalue weighted by Gasteiger charge is 2.59. The maximum Gasteiger partial charge on any atom is 0.233 e. The van der Waals surface area contributed by atoms with Crippen molar-refractivity contribution in [3.8, 4) is 0 Å². The van der Waals surface area contributed by atoms with E-state index in [1.807, 2.05) is 29.2 Å². The number of imide groups is 1. The Morgan fingerprint density at radius 2 is 1.71 bits per heavy atom. The predicted octanol–water partition coefficient (Wildman–Crippen LogP) is 2.73. The summed E-state index contributed by atoms with van der Waals surface area (Å²) in [5.74, 6) is 0.848. The molecule has 31 heavy (non-hydrogen) atoms. The number of piperidine rings is 1. The number of fused-ring (bicyclic) bond motifs is 6. The molecule has 7 heteroatoms. The van der Waals surface area contributed by atoms with Crippen molar-refractivity contribution in [1.82, 2.24) is 14.8 Å². The summed E-state index contributed by atoms with van der Waals surface area (Å²) in [7, 11) is 0. The number of nitrogens with zero attached hydrogens (tertiary/aromatic N) is 3. The van der Waals surface area contributed by atoms with Crippen LogP contribution in [0.5, 0.6) is 0 Å². The Hall–Kier alpha value is -2.96. The number of allylic oxidation sites excluding steroid dienone is 2. The van der Waals surface area contributed by atoms with E-state index in [1.165, 1.54) is 4.90 Å². The second-order valence-electron chi connectivity index (χ2n) is 9.25. The zero-order valence-electron chi connectivity index (χ0n) is 17.3. The van der Waals surface area contributed by atoms with E-state index in [4.69, 9.17) is 4.42 Å². The standard InChI is InChI=1S/C24H25N3O4/c28-19(9-12-27-23(29)20-15-5-6-16(13-15)21(20)24(27)30)26-10-7-14(8-11-26)22-25-17-3-1-2-4-18(17)31-22/h1-6,14-16,20-21H,7-13H2. The molecule has 4 aliphatic rings. The average Bonchev–Trinajstić information content (AvgIpc) is 3.56. The SMILES string of the molecule is O=C(CCN1C(=O)C2C3C=CC(C3)C2C1=O)N1CCC(c2nc3ccccc3o2)CC1. The molecular formula is C24H25N3O4. The molecule has 4 unspecified atom stereocenters. The Morgan fingerprint density at radius 1 is 1.03 bits per heavy atom. The van der Waals surface area contributed by atoms with Crippen LogP contribution < -0.4 is 0 Å². The van der Waals surface area contributed by atoms with Crippen molar-refractivity contribution in [1.29, 1.82) is 0 Å². The second-order valence-corrected chi connectivity index (χ2v) is 9.25. The second kappa shape index (κ2) is 7.04. The third-order valence-corrected chi connectivity index (χ3v) is 7.62. The van der Waals surface area contributed by atoms with E-state index in [1.54, 1.807) is 0 Å². The molecule has 3 heterocycles. The van der Waals surface area contributed by atoms with Crippen molar-refractivity contribution in [3.05, 3.63) is 42.3 Å². The van der Waals surface area contributed by atoms with E-state index >= 15 is 0 Å². The first kappa shape index (κ1) is 18.8. The number of carbonyl (C=O) groups is 3. The van der Waals surface area contributed by atoms with Crippen LogP contribution in [0.3, 0.4) is 0 Å². The van der Waals surface area contributed by atoms with Gasteiger partial charge in [0.15, 0.2) is 11.5 Å². The summed E-state index contributed by atoms with van der Waals surface area (Å²) in [6.45, 7) is 1.49. The van der Waals surface area contributed by atoms with Gasteiger partial charge < -0.3 is 9.32 Å². The number of amides is 3. The molecule has 1 aromatic heterocycles. The van der Waals surface area contributed by atoms with Gasteiger partial charge in [-0.3, -0.25) is 19.3 Å². The topological polar surface area (TPSA) is 83.7 Å². The number of oxazole rings is 1. The van der Waals surface area contributed by atoms with Gasteiger partial charge in [0.05, 0.1) is 11.8 Å². The number of hydrogen-bond acceptors (Lipinski definition) is 5. The Bertz CT molecular complexity index is 1030. The van der Waals surface area contributed by atoms with Crippen LogP contribution in [0.1, 0.15) is 37.5 Å². The molecule has 160 valence electrons. The first-order valence-corrected chi connectivity index (χ1v) is 11.3. The van der Waals surface area contributed by atoms with Gasteiger partial charge in [0.2, 0.25) is 17.7 Å². The van der Waals surface area contributed by atoms with E-state index in [0.29, 0.717) is 13.1 Å². The molecular weight excluding hydrogens is 394 g/mol. The average molecular weight is 419 g/mol. The molecule has 2 aromatic rings. The maximum atomic E-state index is 12.8. The fraction of sp³-hybridized carbons (Fsp3) is 0.500. The third-order valence-electron chi connectivity index (χ3n) is 7.62. The van der Waals surface area contributed by atoms with Gasteiger partial charge >= 0.3 is 0 Å². The van der Waals surface area contributed by atoms with Crippen LogP contribution >= 0.6 is 0 Å². The number of rotatable bonds is 4. The normalized spacial score (nSPS) is 30.1. The maximum absolute atomic E-state index is 12.8. The van der Waals surface area contributed by atoms with Crippen molar-refractivity contribution in [2.45, 2.75) is 31.6 Å². The first-order valence-electron chi connectivity index (χ1n) is 11.3. The molecule has 0 spiro atoms. The van der Waals surface area contributed by atoms with Crippen LogP contribution in [-0.2, 0) is 14.4 Å². The molecule has 1 aromatic carbocycles. The van der Waals surface area contributed by atoms with Crippen LogP contribution in [0, 0.1) is 23.7 Å². The van der Waals surface area contributed by atoms with Crippen LogP contribution in [0.2, 0.25) is 0 Å². The first-order chi connectivity index (χ1) is 15.1. The van der Waals surface area contributed by atoms with Gasteiger partial charge in [-0.05, 0) is 43.2 Å². The van der Waals surface area contributed by atoms with Crippen LogP contribution in [0.15, 0.2) is 40.8 Å². The summed E-state index contributed by atoms with van der Waals surface area (Å²) in [5, 5.41) is 0. The van der Waals surface area contributed by atoms with Gasteiger partial charge in [0.1, 0.15) is 5.52 Å². The van der Waals surface area contributed by atoms with E-state index in [0.717, 1.165) is 36.3 Å². The van der Waals surface area contributed by atoms with Gasteiger partial charge in [-0.25, -0.2) is 4.98 Å². The Morgan fingerprint density at radius 3 is 2.39 bits per heavy atom. The largest absolute Gasteiger partial charge is 0.440 e. The van der Waals surface area contributed by atoms with Gasteiger partial charge in [-0.15, -0.1) is 0 Å². The molecule has 7 nitrogen and oxygen atoms in total. The molecule has 0 N–H and O–H groups in total. The van der Waals surface area contributed by atoms with E-state index in [9.17, 15) is 14.4 Å². The van der Waals surface area contributed by atoms with Gasteiger partial charge in [0, 0.05) is 32.0 Å². The Labute approximate surface area is 180 Å². The lowest BCUT2D eigenvalue weighted by molar-refractivity contribution is -0.141. The Kier molecular flexibility index (Phi) is 4.26. The summed E-state index contributed by atoms with van der Waals surface area (Å²) in [5.41, 5.74) is 1.66. The molecule has 3 fully saturated rings. The van der Waals surface area contributed by atoms with Crippen molar-refractivity contribution < 1.29 is 18.8 Å². The molecule has 2 bridgehead atoms. The molecule has 2 aliphatic carbocycles. The lowest BCUT2D eigenvalue weighted by Gasteiger charge is -2.31. The number of benzene rings is 1. The fourth-order valence-electron chi connectivity index (χ4n) is 5.99. The lowest BCUT2D eigenvalue weighted by Crippen LogP contribution is -2.41. The van der Waals surface area contributed by atoms with E-state index in [-0.39, 0.29) is 60.3 Å². The summed E-state index contributed by atoms with van der Waals surface area (Å²) >= 11 is 0. The van der Waals surface area contributed by atoms with Crippen molar-refractivity contribution in [3.63, 3.8) is 0 Å². The summed E-state index contributed by atoms with van der Waals surface area (Å²) < 4.78 is 5.90. The minimum Gasteiger partial charge on any atom is -0.440 e. The highest BCUT2D eigenvalue weighted by atomic mass is 16.3. The number of para-hydroxylation sites is 2. The predicted molar refractivity (Wildman–Crippen MR) is 112 cm³/mol. The minimum atomic E-state index is -0.190. The molecule has 2 aliphatic heterocycles. The zero-order valence-corrected chi connectivity index (χ0v) is 17.3. The number of hydrogen-bond donors (Lipinski definition) is 0. The zero-order chi connectivity index (χ0) is 21.1. The lowest BCUT2D eigenvalue weighted by atomic mass is 9.85. The molecule has 0 radical (unpaired) electrons. The number of likely N-dealkylation sites (tertiary alicyclic amines) is 2. The summed E-state index contributed by atoms with van der Waals surface area (Å²) in [6, 6.07) is 7.74. The Balaban J connectivity index is 1.04. The minimum absolute atomic E-state index is 0.00905. The molecule has 2 saturated heterocycles. The molecule has 6 rings (SSSR count). The molecule has 4 atom stereocenters. The monoisotopic (exact) mass is 419 g/mol. The van der Waals surface area contributed by atoms with Gasteiger partial charge in [0.25, 0.3) is 0 Å². The van der Waals surface area contributed by atoms with Crippen molar-refractivity contribution >= 4 is 28.8 Å². The molecule has 1 saturated carbocycles. The summed E-state index contributed by atoms with van der Waals surface area (Å²) in [4.78, 5) is 46.1. The van der Waals surface area contributed by atoms with Crippen molar-refractivity contribution in [2.24, 2.45) is 23.7 Å². The highest BCUT2D eigenvalue weighted by Crippen LogP contribution is 2.52. The van der Waals surface area contributed by atoms with E-state index in [2.05, 4.69) is 17.1 Å². The van der Waals surface area contributed by atoms with Crippen LogP contribution in [0.4, 0.5) is 0 Å². The fourth-order valence-corrected chi connectivity index (χ4v) is 5.99. The number of carbonyl (C=O) groups excluding carboxylic acids is 3. The van der Waals surface area contributed by atoms with Gasteiger partial charge in [-0.1, -0.05) is 24.3 Å². The van der Waals surface area contributed by atoms with Crippen molar-refractivity contribution in [2.75, 3.05) is 19.6 Å². The van der Waals surface area contributed by atoms with Gasteiger partial charge in [-0.2, -0.15) is 0 Å². The third kappa shape index (κ3) is 2.93. The van der Waals surface area contributed by atoms with E-state index < -0.39 is 0 Å². The molecule has 3 amide bonds. The smallest absolute Gasteiger partial charge is 0.233 e. The quantitative estimate of drug-likeness (QED) is 0.562.